The number of aliphatic hydroxyl groups excluding tert-OH is 1. The number of aliphatic hydroxyl groups is 1. The van der Waals surface area contributed by atoms with E-state index >= 15 is 0 Å². The Labute approximate surface area is 104 Å². The highest BCUT2D eigenvalue weighted by molar-refractivity contribution is 6.35. The molecule has 0 fully saturated rings. The number of hydrogen-bond donors (Lipinski definition) is 2. The fourth-order valence-electron chi connectivity index (χ4n) is 1.33. The Hall–Kier alpha value is -0.350. The van der Waals surface area contributed by atoms with Crippen molar-refractivity contribution < 1.29 is 9.50 Å². The van der Waals surface area contributed by atoms with Gasteiger partial charge in [0, 0.05) is 17.6 Å². The van der Waals surface area contributed by atoms with Gasteiger partial charge in [0.05, 0.1) is 11.1 Å². The van der Waals surface area contributed by atoms with Gasteiger partial charge < -0.3 is 10.4 Å². The van der Waals surface area contributed by atoms with Crippen molar-refractivity contribution in [2.24, 2.45) is 0 Å². The highest BCUT2D eigenvalue weighted by Crippen LogP contribution is 2.28. The molecule has 0 aliphatic rings. The molecule has 0 radical (unpaired) electrons. The summed E-state index contributed by atoms with van der Waals surface area (Å²) in [7, 11) is 0. The van der Waals surface area contributed by atoms with Crippen LogP contribution in [0.1, 0.15) is 25.5 Å². The van der Waals surface area contributed by atoms with E-state index in [0.29, 0.717) is 17.1 Å². The number of benzene rings is 1. The van der Waals surface area contributed by atoms with Crippen LogP contribution in [0.25, 0.3) is 0 Å². The van der Waals surface area contributed by atoms with Crippen LogP contribution < -0.4 is 5.32 Å². The largest absolute Gasteiger partial charge is 0.392 e. The summed E-state index contributed by atoms with van der Waals surface area (Å²) >= 11 is 11.6. The van der Waals surface area contributed by atoms with Crippen molar-refractivity contribution >= 4 is 23.2 Å². The van der Waals surface area contributed by atoms with E-state index in [2.05, 4.69) is 5.32 Å². The van der Waals surface area contributed by atoms with Gasteiger partial charge >= 0.3 is 0 Å². The first-order chi connectivity index (χ1) is 7.41. The van der Waals surface area contributed by atoms with Gasteiger partial charge in [-0.25, -0.2) is 4.39 Å². The first-order valence-corrected chi connectivity index (χ1v) is 5.73. The minimum atomic E-state index is -0.494. The molecule has 0 spiro atoms. The fraction of sp³-hybridized carbons (Fsp3) is 0.455. The van der Waals surface area contributed by atoms with Crippen LogP contribution in [0.15, 0.2) is 12.1 Å². The van der Waals surface area contributed by atoms with Crippen molar-refractivity contribution in [1.82, 2.24) is 5.32 Å². The van der Waals surface area contributed by atoms with Gasteiger partial charge in [-0.1, -0.05) is 23.2 Å². The molecular weight excluding hydrogens is 252 g/mol. The molecule has 0 saturated carbocycles. The molecule has 0 bridgehead atoms. The molecule has 0 aliphatic carbocycles. The van der Waals surface area contributed by atoms with E-state index in [1.807, 2.05) is 6.92 Å². The molecule has 0 heterocycles. The zero-order chi connectivity index (χ0) is 12.3. The third kappa shape index (κ3) is 3.59. The maximum absolute atomic E-state index is 13.3. The zero-order valence-corrected chi connectivity index (χ0v) is 10.6. The molecule has 0 amide bonds. The molecule has 5 heteroatoms. The SMILES string of the molecule is CC(NC[C@@H](C)O)c1cc(F)c(Cl)cc1Cl. The monoisotopic (exact) mass is 265 g/mol. The normalized spacial score (nSPS) is 14.9. The molecule has 2 nitrogen and oxygen atoms in total. The Morgan fingerprint density at radius 2 is 1.94 bits per heavy atom. The van der Waals surface area contributed by atoms with E-state index in [-0.39, 0.29) is 11.1 Å². The van der Waals surface area contributed by atoms with Crippen molar-refractivity contribution in [1.29, 1.82) is 0 Å². The Morgan fingerprint density at radius 3 is 2.50 bits per heavy atom. The fourth-order valence-corrected chi connectivity index (χ4v) is 1.87. The highest BCUT2D eigenvalue weighted by Gasteiger charge is 2.13. The van der Waals surface area contributed by atoms with Crippen LogP contribution >= 0.6 is 23.2 Å². The van der Waals surface area contributed by atoms with Crippen LogP contribution in [0.2, 0.25) is 10.0 Å². The topological polar surface area (TPSA) is 32.3 Å². The summed E-state index contributed by atoms with van der Waals surface area (Å²) in [5, 5.41) is 12.6. The molecule has 1 unspecified atom stereocenters. The van der Waals surface area contributed by atoms with Crippen LogP contribution in [0, 0.1) is 5.82 Å². The maximum Gasteiger partial charge on any atom is 0.142 e. The molecule has 0 aliphatic heterocycles. The molecule has 1 aromatic carbocycles. The number of hydrogen-bond acceptors (Lipinski definition) is 2. The molecule has 90 valence electrons. The summed E-state index contributed by atoms with van der Waals surface area (Å²) in [6.45, 7) is 3.93. The minimum Gasteiger partial charge on any atom is -0.392 e. The van der Waals surface area contributed by atoms with Gasteiger partial charge in [0.25, 0.3) is 0 Å². The quantitative estimate of drug-likeness (QED) is 0.820. The van der Waals surface area contributed by atoms with Crippen molar-refractivity contribution in [2.45, 2.75) is 26.0 Å². The van der Waals surface area contributed by atoms with Crippen molar-refractivity contribution in [3.63, 3.8) is 0 Å². The van der Waals surface area contributed by atoms with E-state index in [1.165, 1.54) is 12.1 Å². The molecule has 16 heavy (non-hydrogen) atoms. The molecule has 0 aromatic heterocycles. The smallest absolute Gasteiger partial charge is 0.142 e. The average Bonchev–Trinajstić information content (AvgIpc) is 2.20. The second-order valence-corrected chi connectivity index (χ2v) is 4.58. The number of rotatable bonds is 4. The van der Waals surface area contributed by atoms with Crippen LogP contribution in [0.5, 0.6) is 0 Å². The lowest BCUT2D eigenvalue weighted by Crippen LogP contribution is -2.27. The van der Waals surface area contributed by atoms with Crippen molar-refractivity contribution in [3.8, 4) is 0 Å². The molecule has 1 aromatic rings. The van der Waals surface area contributed by atoms with E-state index in [0.717, 1.165) is 0 Å². The lowest BCUT2D eigenvalue weighted by Gasteiger charge is -2.17. The predicted octanol–water partition coefficient (Wildman–Crippen LogP) is 3.16. The van der Waals surface area contributed by atoms with E-state index in [4.69, 9.17) is 28.3 Å². The lowest BCUT2D eigenvalue weighted by atomic mass is 10.1. The zero-order valence-electron chi connectivity index (χ0n) is 9.10. The van der Waals surface area contributed by atoms with Gasteiger partial charge in [-0.05, 0) is 31.5 Å². The van der Waals surface area contributed by atoms with Crippen LogP contribution in [-0.4, -0.2) is 17.8 Å². The number of halogens is 3. The summed E-state index contributed by atoms with van der Waals surface area (Å²) in [5.41, 5.74) is 0.629. The summed E-state index contributed by atoms with van der Waals surface area (Å²) in [4.78, 5) is 0. The molecule has 2 N–H and O–H groups in total. The van der Waals surface area contributed by atoms with Crippen LogP contribution in [-0.2, 0) is 0 Å². The second-order valence-electron chi connectivity index (χ2n) is 3.77. The Balaban J connectivity index is 2.82. The molecule has 0 saturated heterocycles. The standard InChI is InChI=1S/C11H14Cl2FNO/c1-6(16)5-15-7(2)8-3-11(14)10(13)4-9(8)12/h3-4,6-7,15-16H,5H2,1-2H3/t6-,7?/m1/s1. The van der Waals surface area contributed by atoms with Gasteiger partial charge in [-0.3, -0.25) is 0 Å². The van der Waals surface area contributed by atoms with E-state index < -0.39 is 11.9 Å². The molecule has 2 atom stereocenters. The summed E-state index contributed by atoms with van der Waals surface area (Å²) in [6.07, 6.45) is -0.460. The minimum absolute atomic E-state index is 0.0106. The number of nitrogens with one attached hydrogen (secondary N) is 1. The van der Waals surface area contributed by atoms with Crippen molar-refractivity contribution in [3.05, 3.63) is 33.6 Å². The molecule has 1 rings (SSSR count). The Kier molecular flexibility index (Phi) is 4.99. The highest BCUT2D eigenvalue weighted by atomic mass is 35.5. The van der Waals surface area contributed by atoms with Gasteiger partial charge in [-0.2, -0.15) is 0 Å². The third-order valence-corrected chi connectivity index (χ3v) is 2.84. The van der Waals surface area contributed by atoms with Crippen molar-refractivity contribution in [2.75, 3.05) is 6.54 Å². The third-order valence-electron chi connectivity index (χ3n) is 2.23. The Morgan fingerprint density at radius 1 is 1.31 bits per heavy atom. The van der Waals surface area contributed by atoms with Gasteiger partial charge in [0.1, 0.15) is 5.82 Å². The van der Waals surface area contributed by atoms with Gasteiger partial charge in [-0.15, -0.1) is 0 Å². The lowest BCUT2D eigenvalue weighted by molar-refractivity contribution is 0.187. The van der Waals surface area contributed by atoms with E-state index in [9.17, 15) is 4.39 Å². The molecular formula is C11H14Cl2FNO. The summed E-state index contributed by atoms with van der Waals surface area (Å²) in [5.74, 6) is -0.494. The van der Waals surface area contributed by atoms with Gasteiger partial charge in [0.15, 0.2) is 0 Å². The second kappa shape index (κ2) is 5.82. The Bertz CT molecular complexity index is 371. The van der Waals surface area contributed by atoms with Crippen LogP contribution in [0.4, 0.5) is 4.39 Å². The van der Waals surface area contributed by atoms with Gasteiger partial charge in [0.2, 0.25) is 0 Å². The summed E-state index contributed by atoms with van der Waals surface area (Å²) < 4.78 is 13.3. The predicted molar refractivity (Wildman–Crippen MR) is 64.5 cm³/mol. The van der Waals surface area contributed by atoms with Crippen LogP contribution in [0.3, 0.4) is 0 Å². The first kappa shape index (κ1) is 13.7. The maximum atomic E-state index is 13.3. The van der Waals surface area contributed by atoms with E-state index in [1.54, 1.807) is 6.92 Å². The first-order valence-electron chi connectivity index (χ1n) is 4.97. The average molecular weight is 266 g/mol. The summed E-state index contributed by atoms with van der Waals surface area (Å²) in [6, 6.07) is 2.55.